The maximum absolute atomic E-state index is 11.6. The summed E-state index contributed by atoms with van der Waals surface area (Å²) in [6.07, 6.45) is 4.83. The van der Waals surface area contributed by atoms with E-state index in [2.05, 4.69) is 10.8 Å². The van der Waals surface area contributed by atoms with Gasteiger partial charge in [0.1, 0.15) is 0 Å². The normalized spacial score (nSPS) is 27.9. The van der Waals surface area contributed by atoms with Crippen LogP contribution in [0.25, 0.3) is 0 Å². The van der Waals surface area contributed by atoms with Gasteiger partial charge in [-0.1, -0.05) is 12.8 Å². The van der Waals surface area contributed by atoms with Crippen LogP contribution in [-0.4, -0.2) is 36.1 Å². The van der Waals surface area contributed by atoms with Crippen LogP contribution >= 0.6 is 11.8 Å². The SMILES string of the molecule is O=C(NOC1CCCC1)C1CSCCN1. The number of rotatable bonds is 3. The van der Waals surface area contributed by atoms with Crippen LogP contribution in [0.2, 0.25) is 0 Å². The number of carbonyl (C=O) groups excluding carboxylic acids is 1. The van der Waals surface area contributed by atoms with Gasteiger partial charge in [0.15, 0.2) is 0 Å². The summed E-state index contributed by atoms with van der Waals surface area (Å²) in [6.45, 7) is 0.909. The van der Waals surface area contributed by atoms with Gasteiger partial charge in [0.05, 0.1) is 12.1 Å². The van der Waals surface area contributed by atoms with Gasteiger partial charge in [0, 0.05) is 18.1 Å². The predicted molar refractivity (Wildman–Crippen MR) is 60.6 cm³/mol. The average Bonchev–Trinajstić information content (AvgIpc) is 2.80. The van der Waals surface area contributed by atoms with Crippen LogP contribution in [0, 0.1) is 0 Å². The monoisotopic (exact) mass is 230 g/mol. The van der Waals surface area contributed by atoms with E-state index >= 15 is 0 Å². The third-order valence-electron chi connectivity index (χ3n) is 2.87. The average molecular weight is 230 g/mol. The van der Waals surface area contributed by atoms with Gasteiger partial charge in [0.2, 0.25) is 0 Å². The molecule has 0 aromatic heterocycles. The molecule has 1 heterocycles. The van der Waals surface area contributed by atoms with E-state index in [0.717, 1.165) is 30.9 Å². The molecule has 1 aliphatic heterocycles. The number of hydrogen-bond acceptors (Lipinski definition) is 4. The summed E-state index contributed by atoms with van der Waals surface area (Å²) in [7, 11) is 0. The summed E-state index contributed by atoms with van der Waals surface area (Å²) in [4.78, 5) is 17.0. The van der Waals surface area contributed by atoms with Crippen LogP contribution in [0.4, 0.5) is 0 Å². The van der Waals surface area contributed by atoms with Gasteiger partial charge in [-0.2, -0.15) is 11.8 Å². The van der Waals surface area contributed by atoms with Crippen molar-refractivity contribution in [3.63, 3.8) is 0 Å². The summed E-state index contributed by atoms with van der Waals surface area (Å²) in [5.74, 6) is 1.92. The fraction of sp³-hybridized carbons (Fsp3) is 0.900. The Hall–Kier alpha value is -0.260. The molecule has 0 spiro atoms. The molecule has 4 nitrogen and oxygen atoms in total. The van der Waals surface area contributed by atoms with Crippen molar-refractivity contribution in [3.05, 3.63) is 0 Å². The second-order valence-electron chi connectivity index (χ2n) is 4.07. The van der Waals surface area contributed by atoms with Crippen molar-refractivity contribution >= 4 is 17.7 Å². The molecule has 0 bridgehead atoms. The molecule has 1 aliphatic carbocycles. The minimum absolute atomic E-state index is 0.0194. The maximum Gasteiger partial charge on any atom is 0.261 e. The lowest BCUT2D eigenvalue weighted by molar-refractivity contribution is -0.139. The molecule has 2 rings (SSSR count). The first kappa shape index (κ1) is 11.2. The Morgan fingerprint density at radius 2 is 2.20 bits per heavy atom. The lowest BCUT2D eigenvalue weighted by atomic mass is 10.3. The van der Waals surface area contributed by atoms with Gasteiger partial charge >= 0.3 is 0 Å². The third kappa shape index (κ3) is 3.36. The van der Waals surface area contributed by atoms with E-state index in [4.69, 9.17) is 4.84 Å². The minimum Gasteiger partial charge on any atom is -0.304 e. The predicted octanol–water partition coefficient (Wildman–Crippen LogP) is 0.682. The quantitative estimate of drug-likeness (QED) is 0.700. The molecule has 2 aliphatic rings. The summed E-state index contributed by atoms with van der Waals surface area (Å²) >= 11 is 1.81. The lowest BCUT2D eigenvalue weighted by Crippen LogP contribution is -2.49. The zero-order valence-corrected chi connectivity index (χ0v) is 9.65. The standard InChI is InChI=1S/C10H18N2O2S/c13-10(9-7-15-6-5-11-9)12-14-8-3-1-2-4-8/h8-9,11H,1-7H2,(H,12,13). The van der Waals surface area contributed by atoms with E-state index < -0.39 is 0 Å². The highest BCUT2D eigenvalue weighted by atomic mass is 32.2. The largest absolute Gasteiger partial charge is 0.304 e. The Kier molecular flexibility index (Phi) is 4.29. The zero-order valence-electron chi connectivity index (χ0n) is 8.83. The molecular formula is C10H18N2O2S. The van der Waals surface area contributed by atoms with Crippen molar-refractivity contribution in [1.29, 1.82) is 0 Å². The number of amides is 1. The van der Waals surface area contributed by atoms with Crippen LogP contribution in [0.3, 0.4) is 0 Å². The van der Waals surface area contributed by atoms with Crippen LogP contribution in [0.15, 0.2) is 0 Å². The van der Waals surface area contributed by atoms with Gasteiger partial charge in [-0.05, 0) is 12.8 Å². The molecule has 1 amide bonds. The number of thioether (sulfide) groups is 1. The van der Waals surface area contributed by atoms with Crippen molar-refractivity contribution in [3.8, 4) is 0 Å². The van der Waals surface area contributed by atoms with Gasteiger partial charge in [0.25, 0.3) is 5.91 Å². The van der Waals surface area contributed by atoms with Crippen molar-refractivity contribution in [2.45, 2.75) is 37.8 Å². The highest BCUT2D eigenvalue weighted by Crippen LogP contribution is 2.19. The number of hydrogen-bond donors (Lipinski definition) is 2. The van der Waals surface area contributed by atoms with Crippen molar-refractivity contribution in [1.82, 2.24) is 10.8 Å². The van der Waals surface area contributed by atoms with Crippen molar-refractivity contribution < 1.29 is 9.63 Å². The molecule has 1 saturated heterocycles. The van der Waals surface area contributed by atoms with E-state index in [-0.39, 0.29) is 18.1 Å². The van der Waals surface area contributed by atoms with Crippen LogP contribution in [0.1, 0.15) is 25.7 Å². The first-order valence-corrected chi connectivity index (χ1v) is 6.78. The second-order valence-corrected chi connectivity index (χ2v) is 5.22. The summed E-state index contributed by atoms with van der Waals surface area (Å²) in [5, 5.41) is 3.18. The molecule has 2 fully saturated rings. The topological polar surface area (TPSA) is 50.4 Å². The molecule has 86 valence electrons. The van der Waals surface area contributed by atoms with E-state index in [0.29, 0.717) is 0 Å². The smallest absolute Gasteiger partial charge is 0.261 e. The molecule has 1 saturated carbocycles. The Bertz CT molecular complexity index is 213. The van der Waals surface area contributed by atoms with Crippen LogP contribution in [-0.2, 0) is 9.63 Å². The van der Waals surface area contributed by atoms with Gasteiger partial charge in [-0.3, -0.25) is 9.63 Å². The molecule has 15 heavy (non-hydrogen) atoms. The minimum atomic E-state index is -0.0786. The van der Waals surface area contributed by atoms with Gasteiger partial charge in [-0.25, -0.2) is 5.48 Å². The lowest BCUT2D eigenvalue weighted by Gasteiger charge is -2.22. The maximum atomic E-state index is 11.6. The molecule has 1 unspecified atom stereocenters. The van der Waals surface area contributed by atoms with Crippen LogP contribution in [0.5, 0.6) is 0 Å². The number of carbonyl (C=O) groups is 1. The van der Waals surface area contributed by atoms with E-state index in [1.54, 1.807) is 0 Å². The summed E-state index contributed by atoms with van der Waals surface area (Å²) < 4.78 is 0. The number of nitrogens with one attached hydrogen (secondary N) is 2. The number of hydroxylamine groups is 1. The van der Waals surface area contributed by atoms with Gasteiger partial charge in [-0.15, -0.1) is 0 Å². The van der Waals surface area contributed by atoms with E-state index in [9.17, 15) is 4.79 Å². The fourth-order valence-electron chi connectivity index (χ4n) is 1.95. The van der Waals surface area contributed by atoms with Gasteiger partial charge < -0.3 is 5.32 Å². The first-order valence-electron chi connectivity index (χ1n) is 5.63. The van der Waals surface area contributed by atoms with Crippen LogP contribution < -0.4 is 10.8 Å². The Balaban J connectivity index is 1.66. The van der Waals surface area contributed by atoms with Crippen molar-refractivity contribution in [2.75, 3.05) is 18.1 Å². The Morgan fingerprint density at radius 1 is 1.40 bits per heavy atom. The Morgan fingerprint density at radius 3 is 2.87 bits per heavy atom. The first-order chi connectivity index (χ1) is 7.36. The van der Waals surface area contributed by atoms with E-state index in [1.807, 2.05) is 11.8 Å². The zero-order chi connectivity index (χ0) is 10.5. The third-order valence-corrected chi connectivity index (χ3v) is 3.93. The molecule has 0 aromatic rings. The molecule has 0 radical (unpaired) electrons. The molecule has 1 atom stereocenters. The molecule has 2 N–H and O–H groups in total. The summed E-state index contributed by atoms with van der Waals surface area (Å²) in [5.41, 5.74) is 2.58. The molecular weight excluding hydrogens is 212 g/mol. The fourth-order valence-corrected chi connectivity index (χ4v) is 2.89. The molecule has 0 aromatic carbocycles. The molecule has 5 heteroatoms. The summed E-state index contributed by atoms with van der Waals surface area (Å²) in [6, 6.07) is -0.0786. The highest BCUT2D eigenvalue weighted by Gasteiger charge is 2.23. The second kappa shape index (κ2) is 5.72. The van der Waals surface area contributed by atoms with E-state index in [1.165, 1.54) is 12.8 Å². The highest BCUT2D eigenvalue weighted by molar-refractivity contribution is 7.99. The Labute approximate surface area is 94.5 Å². The van der Waals surface area contributed by atoms with Crippen molar-refractivity contribution in [2.24, 2.45) is 0 Å².